The van der Waals surface area contributed by atoms with Crippen LogP contribution < -0.4 is 10.7 Å². The standard InChI is InChI=1S/C32H24ClN3O4S/c33-24-11-9-21(10-12-24)19-35-31(38)28-20-34-29-17-25(13-14-27(29)30(28)37)41(39,40)32(15-4-16-36-32)18-23-7-3-6-22-5-1-2-8-26(22)23/h1-17,20H,18-19H2,(H,34,37)(H,35,38). The first kappa shape index (κ1) is 26.7. The van der Waals surface area contributed by atoms with Gasteiger partial charge < -0.3 is 10.3 Å². The van der Waals surface area contributed by atoms with Crippen LogP contribution in [0.5, 0.6) is 0 Å². The largest absolute Gasteiger partial charge is 0.360 e. The van der Waals surface area contributed by atoms with Gasteiger partial charge in [-0.2, -0.15) is 0 Å². The lowest BCUT2D eigenvalue weighted by atomic mass is 9.99. The molecule has 0 radical (unpaired) electrons. The van der Waals surface area contributed by atoms with E-state index in [1.54, 1.807) is 36.4 Å². The maximum absolute atomic E-state index is 14.1. The zero-order valence-corrected chi connectivity index (χ0v) is 23.2. The molecular weight excluding hydrogens is 558 g/mol. The maximum atomic E-state index is 14.1. The molecule has 1 aliphatic heterocycles. The van der Waals surface area contributed by atoms with Crippen LogP contribution in [-0.4, -0.2) is 30.4 Å². The van der Waals surface area contributed by atoms with E-state index in [9.17, 15) is 18.0 Å². The van der Waals surface area contributed by atoms with Gasteiger partial charge in [0.2, 0.25) is 15.3 Å². The number of carbonyl (C=O) groups is 1. The molecule has 1 amide bonds. The zero-order chi connectivity index (χ0) is 28.6. The predicted molar refractivity (Wildman–Crippen MR) is 162 cm³/mol. The number of nitrogens with one attached hydrogen (secondary N) is 2. The number of hydrogen-bond donors (Lipinski definition) is 2. The monoisotopic (exact) mass is 581 g/mol. The molecule has 1 atom stereocenters. The second kappa shape index (κ2) is 10.5. The first-order chi connectivity index (χ1) is 19.8. The highest BCUT2D eigenvalue weighted by molar-refractivity contribution is 7.93. The number of aromatic nitrogens is 1. The molecule has 1 aliphatic rings. The van der Waals surface area contributed by atoms with Crippen molar-refractivity contribution in [1.82, 2.24) is 10.3 Å². The molecule has 41 heavy (non-hydrogen) atoms. The van der Waals surface area contributed by atoms with Gasteiger partial charge in [-0.15, -0.1) is 0 Å². The minimum absolute atomic E-state index is 0.0181. The molecule has 5 aromatic rings. The van der Waals surface area contributed by atoms with E-state index in [1.807, 2.05) is 42.5 Å². The van der Waals surface area contributed by atoms with Crippen molar-refractivity contribution >= 4 is 55.2 Å². The van der Waals surface area contributed by atoms with Crippen LogP contribution in [0.4, 0.5) is 0 Å². The molecule has 9 heteroatoms. The smallest absolute Gasteiger partial charge is 0.257 e. The van der Waals surface area contributed by atoms with Crippen LogP contribution in [0.2, 0.25) is 5.02 Å². The van der Waals surface area contributed by atoms with Crippen LogP contribution >= 0.6 is 11.6 Å². The van der Waals surface area contributed by atoms with Gasteiger partial charge in [0.25, 0.3) is 5.91 Å². The molecule has 0 aliphatic carbocycles. The van der Waals surface area contributed by atoms with E-state index in [0.717, 1.165) is 21.9 Å². The molecule has 4 aromatic carbocycles. The second-order valence-electron chi connectivity index (χ2n) is 9.85. The topological polar surface area (TPSA) is 108 Å². The number of benzene rings is 4. The summed E-state index contributed by atoms with van der Waals surface area (Å²) < 4.78 is 28.2. The summed E-state index contributed by atoms with van der Waals surface area (Å²) in [6.07, 6.45) is 6.19. The Labute approximate surface area is 241 Å². The Hall–Kier alpha value is -4.53. The Morgan fingerprint density at radius 2 is 1.73 bits per heavy atom. The Morgan fingerprint density at radius 3 is 2.51 bits per heavy atom. The molecule has 7 nitrogen and oxygen atoms in total. The van der Waals surface area contributed by atoms with E-state index in [1.165, 1.54) is 30.6 Å². The lowest BCUT2D eigenvalue weighted by Crippen LogP contribution is -2.36. The number of fused-ring (bicyclic) bond motifs is 2. The summed E-state index contributed by atoms with van der Waals surface area (Å²) in [5.41, 5.74) is 1.42. The van der Waals surface area contributed by atoms with E-state index in [-0.39, 0.29) is 28.8 Å². The van der Waals surface area contributed by atoms with Gasteiger partial charge in [-0.05, 0) is 64.4 Å². The molecule has 0 fully saturated rings. The Bertz CT molecular complexity index is 2030. The highest BCUT2D eigenvalue weighted by Gasteiger charge is 2.44. The first-order valence-corrected chi connectivity index (χ1v) is 14.8. The first-order valence-electron chi connectivity index (χ1n) is 12.9. The number of hydrogen-bond acceptors (Lipinski definition) is 5. The third-order valence-corrected chi connectivity index (χ3v) is 9.74. The van der Waals surface area contributed by atoms with Crippen LogP contribution in [0.3, 0.4) is 0 Å². The molecule has 6 rings (SSSR count). The van der Waals surface area contributed by atoms with Gasteiger partial charge >= 0.3 is 0 Å². The van der Waals surface area contributed by atoms with Gasteiger partial charge in [-0.3, -0.25) is 14.6 Å². The van der Waals surface area contributed by atoms with E-state index < -0.39 is 26.0 Å². The van der Waals surface area contributed by atoms with Crippen molar-refractivity contribution in [3.8, 4) is 0 Å². The number of aromatic amines is 1. The SMILES string of the molecule is O=C(NCc1ccc(Cl)cc1)c1c[nH]c2cc(S(=O)(=O)C3(Cc4cccc5ccccc45)C=CC=N3)ccc2c1=O. The quantitative estimate of drug-likeness (QED) is 0.260. The van der Waals surface area contributed by atoms with Crippen molar-refractivity contribution in [1.29, 1.82) is 0 Å². The third-order valence-electron chi connectivity index (χ3n) is 7.30. The van der Waals surface area contributed by atoms with Gasteiger partial charge in [-0.25, -0.2) is 8.42 Å². The normalized spacial score (nSPS) is 16.4. The number of sulfone groups is 1. The summed E-state index contributed by atoms with van der Waals surface area (Å²) in [4.78, 5) is 31.8. The molecule has 0 spiro atoms. The molecule has 1 unspecified atom stereocenters. The number of amides is 1. The summed E-state index contributed by atoms with van der Waals surface area (Å²) in [6.45, 7) is 0.220. The zero-order valence-electron chi connectivity index (χ0n) is 21.7. The van der Waals surface area contributed by atoms with Crippen LogP contribution in [0.15, 0.2) is 118 Å². The van der Waals surface area contributed by atoms with Crippen molar-refractivity contribution in [2.45, 2.75) is 22.7 Å². The van der Waals surface area contributed by atoms with Crippen molar-refractivity contribution < 1.29 is 13.2 Å². The van der Waals surface area contributed by atoms with E-state index in [2.05, 4.69) is 15.3 Å². The van der Waals surface area contributed by atoms with Gasteiger partial charge in [0, 0.05) is 35.8 Å². The van der Waals surface area contributed by atoms with E-state index in [0.29, 0.717) is 10.5 Å². The summed E-state index contributed by atoms with van der Waals surface area (Å²) >= 11 is 5.91. The molecule has 0 saturated carbocycles. The van der Waals surface area contributed by atoms with Crippen LogP contribution in [0.25, 0.3) is 21.7 Å². The average Bonchev–Trinajstić information content (AvgIpc) is 3.47. The Kier molecular flexibility index (Phi) is 6.81. The van der Waals surface area contributed by atoms with Gasteiger partial charge in [0.15, 0.2) is 4.87 Å². The summed E-state index contributed by atoms with van der Waals surface area (Å²) in [5, 5.41) is 5.50. The maximum Gasteiger partial charge on any atom is 0.257 e. The number of pyridine rings is 1. The highest BCUT2D eigenvalue weighted by atomic mass is 35.5. The molecule has 2 heterocycles. The van der Waals surface area contributed by atoms with E-state index in [4.69, 9.17) is 11.6 Å². The van der Waals surface area contributed by atoms with Crippen molar-refractivity contribution in [3.63, 3.8) is 0 Å². The molecule has 0 bridgehead atoms. The number of H-pyrrole nitrogens is 1. The summed E-state index contributed by atoms with van der Waals surface area (Å²) in [7, 11) is -4.04. The minimum atomic E-state index is -4.04. The van der Waals surface area contributed by atoms with Gasteiger partial charge in [0.05, 0.1) is 10.4 Å². The van der Waals surface area contributed by atoms with Crippen molar-refractivity contribution in [3.05, 3.63) is 135 Å². The number of carbonyl (C=O) groups excluding carboxylic acids is 1. The molecule has 2 N–H and O–H groups in total. The lowest BCUT2D eigenvalue weighted by molar-refractivity contribution is 0.0949. The minimum Gasteiger partial charge on any atom is -0.360 e. The highest BCUT2D eigenvalue weighted by Crippen LogP contribution is 2.36. The van der Waals surface area contributed by atoms with Gasteiger partial charge in [0.1, 0.15) is 5.56 Å². The number of rotatable bonds is 7. The number of allylic oxidation sites excluding steroid dienone is 1. The second-order valence-corrected chi connectivity index (χ2v) is 12.5. The molecule has 1 aromatic heterocycles. The van der Waals surface area contributed by atoms with Crippen LogP contribution in [0, 0.1) is 0 Å². The van der Waals surface area contributed by atoms with Crippen molar-refractivity contribution in [2.75, 3.05) is 0 Å². The fraction of sp³-hybridized carbons (Fsp3) is 0.0938. The molecule has 204 valence electrons. The molecular formula is C32H24ClN3O4S. The van der Waals surface area contributed by atoms with E-state index >= 15 is 0 Å². The molecule has 0 saturated heterocycles. The predicted octanol–water partition coefficient (Wildman–Crippen LogP) is 5.62. The summed E-state index contributed by atoms with van der Waals surface area (Å²) in [5.74, 6) is -0.542. The number of aliphatic imine (C=N–C) groups is 1. The fourth-order valence-corrected chi connectivity index (χ4v) is 6.96. The van der Waals surface area contributed by atoms with Gasteiger partial charge in [-0.1, -0.05) is 66.2 Å². The average molecular weight is 582 g/mol. The Morgan fingerprint density at radius 1 is 0.951 bits per heavy atom. The fourth-order valence-electron chi connectivity index (χ4n) is 5.10. The number of nitrogens with zero attached hydrogens (tertiary/aromatic N) is 1. The Balaban J connectivity index is 1.32. The number of halogens is 1. The van der Waals surface area contributed by atoms with Crippen LogP contribution in [-0.2, 0) is 22.8 Å². The van der Waals surface area contributed by atoms with Crippen LogP contribution in [0.1, 0.15) is 21.5 Å². The lowest BCUT2D eigenvalue weighted by Gasteiger charge is -2.25. The van der Waals surface area contributed by atoms with Crippen molar-refractivity contribution in [2.24, 2.45) is 4.99 Å². The summed E-state index contributed by atoms with van der Waals surface area (Å²) in [6, 6.07) is 24.9. The third kappa shape index (κ3) is 4.85.